The van der Waals surface area contributed by atoms with Crippen LogP contribution in [0, 0.1) is 5.92 Å². The molecule has 0 saturated carbocycles. The number of hydrogen-bond donors (Lipinski definition) is 1. The van der Waals surface area contributed by atoms with E-state index in [2.05, 4.69) is 6.92 Å². The van der Waals surface area contributed by atoms with E-state index in [-0.39, 0.29) is 5.91 Å². The van der Waals surface area contributed by atoms with Crippen molar-refractivity contribution in [2.45, 2.75) is 45.7 Å². The van der Waals surface area contributed by atoms with Gasteiger partial charge in [-0.05, 0) is 30.9 Å². The van der Waals surface area contributed by atoms with E-state index in [1.807, 2.05) is 17.0 Å². The largest absolute Gasteiger partial charge is 0.463 e. The van der Waals surface area contributed by atoms with E-state index in [9.17, 15) is 4.79 Å². The first-order valence-corrected chi connectivity index (χ1v) is 6.78. The molecule has 100 valence electrons. The summed E-state index contributed by atoms with van der Waals surface area (Å²) in [5, 5.41) is 0. The van der Waals surface area contributed by atoms with E-state index in [0.29, 0.717) is 25.4 Å². The molecular weight excluding hydrogens is 228 g/mol. The van der Waals surface area contributed by atoms with Crippen LogP contribution in [0.2, 0.25) is 0 Å². The lowest BCUT2D eigenvalue weighted by atomic mass is 9.98. The molecular formula is C14H22N2O2. The van der Waals surface area contributed by atoms with Crippen molar-refractivity contribution in [2.24, 2.45) is 11.7 Å². The second-order valence-corrected chi connectivity index (χ2v) is 4.99. The fourth-order valence-electron chi connectivity index (χ4n) is 2.47. The molecule has 1 unspecified atom stereocenters. The Kier molecular flexibility index (Phi) is 4.42. The Morgan fingerprint density at radius 1 is 1.39 bits per heavy atom. The van der Waals surface area contributed by atoms with Gasteiger partial charge in [0.05, 0.1) is 13.1 Å². The Morgan fingerprint density at radius 2 is 2.17 bits per heavy atom. The van der Waals surface area contributed by atoms with Gasteiger partial charge in [0, 0.05) is 13.0 Å². The van der Waals surface area contributed by atoms with E-state index in [4.69, 9.17) is 10.2 Å². The summed E-state index contributed by atoms with van der Waals surface area (Å²) < 4.78 is 5.56. The van der Waals surface area contributed by atoms with Crippen molar-refractivity contribution in [3.8, 4) is 0 Å². The number of amides is 1. The van der Waals surface area contributed by atoms with Gasteiger partial charge in [0.1, 0.15) is 11.5 Å². The van der Waals surface area contributed by atoms with E-state index in [0.717, 1.165) is 30.9 Å². The highest BCUT2D eigenvalue weighted by atomic mass is 16.3. The van der Waals surface area contributed by atoms with Crippen molar-refractivity contribution in [3.05, 3.63) is 23.7 Å². The Bertz CT molecular complexity index is 400. The van der Waals surface area contributed by atoms with Gasteiger partial charge in [-0.1, -0.05) is 13.3 Å². The highest BCUT2D eigenvalue weighted by molar-refractivity contribution is 5.76. The lowest BCUT2D eigenvalue weighted by Crippen LogP contribution is -2.29. The van der Waals surface area contributed by atoms with Crippen LogP contribution in [-0.2, 0) is 17.9 Å². The van der Waals surface area contributed by atoms with E-state index >= 15 is 0 Å². The number of nitrogens with two attached hydrogens (primary N) is 1. The van der Waals surface area contributed by atoms with Crippen LogP contribution in [0.15, 0.2) is 16.5 Å². The monoisotopic (exact) mass is 250 g/mol. The van der Waals surface area contributed by atoms with Crippen LogP contribution >= 0.6 is 0 Å². The van der Waals surface area contributed by atoms with E-state index in [1.165, 1.54) is 6.42 Å². The molecule has 0 aromatic carbocycles. The van der Waals surface area contributed by atoms with Gasteiger partial charge in [0.15, 0.2) is 0 Å². The first kappa shape index (κ1) is 13.1. The lowest BCUT2D eigenvalue weighted by molar-refractivity contribution is -0.131. The second kappa shape index (κ2) is 6.05. The Labute approximate surface area is 108 Å². The Hall–Kier alpha value is -1.29. The van der Waals surface area contributed by atoms with Crippen LogP contribution in [0.25, 0.3) is 0 Å². The summed E-state index contributed by atoms with van der Waals surface area (Å²) in [5.74, 6) is 2.55. The minimum atomic E-state index is 0.247. The van der Waals surface area contributed by atoms with Crippen molar-refractivity contribution >= 4 is 5.91 Å². The normalized spacial score (nSPS) is 21.1. The zero-order valence-electron chi connectivity index (χ0n) is 11.0. The molecule has 2 heterocycles. The molecule has 1 aromatic rings. The Balaban J connectivity index is 1.97. The average molecular weight is 250 g/mol. The summed E-state index contributed by atoms with van der Waals surface area (Å²) in [6, 6.07) is 3.80. The second-order valence-electron chi connectivity index (χ2n) is 4.99. The summed E-state index contributed by atoms with van der Waals surface area (Å²) in [5.41, 5.74) is 5.51. The van der Waals surface area contributed by atoms with Gasteiger partial charge in [-0.25, -0.2) is 0 Å². The molecule has 4 nitrogen and oxygen atoms in total. The topological polar surface area (TPSA) is 59.5 Å². The molecule has 0 aliphatic carbocycles. The number of carbonyl (C=O) groups is 1. The number of furan rings is 1. The number of nitrogens with zero attached hydrogens (tertiary/aromatic N) is 1. The van der Waals surface area contributed by atoms with Crippen LogP contribution < -0.4 is 5.73 Å². The zero-order valence-corrected chi connectivity index (χ0v) is 11.0. The lowest BCUT2D eigenvalue weighted by Gasteiger charge is -2.19. The maximum Gasteiger partial charge on any atom is 0.222 e. The molecule has 1 aromatic heterocycles. The summed E-state index contributed by atoms with van der Waals surface area (Å²) >= 11 is 0. The van der Waals surface area contributed by atoms with Crippen LogP contribution in [0.1, 0.15) is 44.1 Å². The van der Waals surface area contributed by atoms with Gasteiger partial charge in [-0.15, -0.1) is 0 Å². The molecule has 2 rings (SSSR count). The number of carbonyl (C=O) groups excluding carboxylic acids is 1. The van der Waals surface area contributed by atoms with Gasteiger partial charge in [-0.2, -0.15) is 0 Å². The zero-order chi connectivity index (χ0) is 13.0. The molecule has 1 amide bonds. The fraction of sp³-hybridized carbons (Fsp3) is 0.643. The first-order chi connectivity index (χ1) is 8.72. The summed E-state index contributed by atoms with van der Waals surface area (Å²) in [6.45, 7) is 4.03. The fourth-order valence-corrected chi connectivity index (χ4v) is 2.47. The third-order valence-electron chi connectivity index (χ3n) is 3.77. The molecule has 0 radical (unpaired) electrons. The smallest absolute Gasteiger partial charge is 0.222 e. The first-order valence-electron chi connectivity index (χ1n) is 6.78. The van der Waals surface area contributed by atoms with Gasteiger partial charge < -0.3 is 15.1 Å². The van der Waals surface area contributed by atoms with Crippen LogP contribution in [0.4, 0.5) is 0 Å². The SMILES string of the molecule is CCC1CCC(=O)N(Cc2ccc(CN)o2)CC1. The number of rotatable bonds is 4. The minimum absolute atomic E-state index is 0.247. The summed E-state index contributed by atoms with van der Waals surface area (Å²) in [7, 11) is 0. The van der Waals surface area contributed by atoms with Gasteiger partial charge >= 0.3 is 0 Å². The van der Waals surface area contributed by atoms with Gasteiger partial charge in [0.25, 0.3) is 0 Å². The summed E-state index contributed by atoms with van der Waals surface area (Å²) in [6.07, 6.45) is 3.97. The number of hydrogen-bond acceptors (Lipinski definition) is 3. The van der Waals surface area contributed by atoms with Gasteiger partial charge in [0.2, 0.25) is 5.91 Å². The molecule has 1 saturated heterocycles. The molecule has 0 spiro atoms. The van der Waals surface area contributed by atoms with Crippen molar-refractivity contribution in [2.75, 3.05) is 6.54 Å². The van der Waals surface area contributed by atoms with Crippen molar-refractivity contribution < 1.29 is 9.21 Å². The average Bonchev–Trinajstić information content (AvgIpc) is 2.77. The molecule has 1 fully saturated rings. The molecule has 1 aliphatic heterocycles. The molecule has 18 heavy (non-hydrogen) atoms. The quantitative estimate of drug-likeness (QED) is 0.891. The van der Waals surface area contributed by atoms with Gasteiger partial charge in [-0.3, -0.25) is 4.79 Å². The number of likely N-dealkylation sites (tertiary alicyclic amines) is 1. The molecule has 0 bridgehead atoms. The van der Waals surface area contributed by atoms with Crippen LogP contribution in [0.5, 0.6) is 0 Å². The van der Waals surface area contributed by atoms with Crippen molar-refractivity contribution in [1.82, 2.24) is 4.90 Å². The van der Waals surface area contributed by atoms with E-state index in [1.54, 1.807) is 0 Å². The summed E-state index contributed by atoms with van der Waals surface area (Å²) in [4.78, 5) is 13.9. The van der Waals surface area contributed by atoms with Crippen LogP contribution in [0.3, 0.4) is 0 Å². The molecule has 1 atom stereocenters. The Morgan fingerprint density at radius 3 is 2.83 bits per heavy atom. The standard InChI is InChI=1S/C14H22N2O2/c1-2-11-3-6-14(17)16(8-7-11)10-13-5-4-12(9-15)18-13/h4-5,11H,2-3,6-10,15H2,1H3. The highest BCUT2D eigenvalue weighted by Gasteiger charge is 2.22. The van der Waals surface area contributed by atoms with Crippen LogP contribution in [-0.4, -0.2) is 17.4 Å². The molecule has 4 heteroatoms. The maximum atomic E-state index is 12.0. The van der Waals surface area contributed by atoms with E-state index < -0.39 is 0 Å². The maximum absolute atomic E-state index is 12.0. The molecule has 1 aliphatic rings. The van der Waals surface area contributed by atoms with Crippen molar-refractivity contribution in [3.63, 3.8) is 0 Å². The minimum Gasteiger partial charge on any atom is -0.463 e. The third-order valence-corrected chi connectivity index (χ3v) is 3.77. The molecule has 2 N–H and O–H groups in total. The predicted molar refractivity (Wildman–Crippen MR) is 69.6 cm³/mol. The third kappa shape index (κ3) is 3.13. The highest BCUT2D eigenvalue weighted by Crippen LogP contribution is 2.22. The van der Waals surface area contributed by atoms with Crippen molar-refractivity contribution in [1.29, 1.82) is 0 Å². The predicted octanol–water partition coefficient (Wildman–Crippen LogP) is 2.28.